The fourth-order valence-electron chi connectivity index (χ4n) is 0.250. The maximum atomic E-state index is 7.57. The average Bonchev–Trinajstić information content (AvgIpc) is 2.08. The van der Waals surface area contributed by atoms with E-state index in [0.717, 1.165) is 26.1 Å². The first-order valence-electron chi connectivity index (χ1n) is 4.76. The Morgan fingerprint density at radius 1 is 1.08 bits per heavy atom. The van der Waals surface area contributed by atoms with Crippen molar-refractivity contribution in [3.8, 4) is 0 Å². The highest BCUT2D eigenvalue weighted by Crippen LogP contribution is 1.57. The molecule has 3 nitrogen and oxygen atoms in total. The topological polar surface area (TPSA) is 58.3 Å². The van der Waals surface area contributed by atoms with Crippen LogP contribution in [0.5, 0.6) is 0 Å². The molecule has 0 aliphatic rings. The number of hydrogen-bond donors (Lipinski definition) is 3. The van der Waals surface area contributed by atoms with Crippen molar-refractivity contribution in [3.63, 3.8) is 0 Å². The van der Waals surface area contributed by atoms with Gasteiger partial charge in [0.15, 0.2) is 0 Å². The molecule has 0 unspecified atom stereocenters. The van der Waals surface area contributed by atoms with E-state index in [1.165, 1.54) is 0 Å². The van der Waals surface area contributed by atoms with Gasteiger partial charge in [-0.3, -0.25) is 0 Å². The summed E-state index contributed by atoms with van der Waals surface area (Å²) in [6.07, 6.45) is 1.10. The van der Waals surface area contributed by atoms with Crippen LogP contribution in [0.15, 0.2) is 0 Å². The first kappa shape index (κ1) is 17.8. The highest BCUT2D eigenvalue weighted by atomic mass is 16.2. The van der Waals surface area contributed by atoms with Crippen LogP contribution in [0.25, 0.3) is 0 Å². The van der Waals surface area contributed by atoms with Crippen LogP contribution in [0.4, 0.5) is 0 Å². The van der Waals surface area contributed by atoms with Crippen molar-refractivity contribution in [1.29, 1.82) is 0 Å². The van der Waals surface area contributed by atoms with Crippen molar-refractivity contribution in [2.75, 3.05) is 26.2 Å². The molecular weight excluding hydrogens is 152 g/mol. The van der Waals surface area contributed by atoms with E-state index >= 15 is 0 Å². The van der Waals surface area contributed by atoms with Crippen LogP contribution in [0.3, 0.4) is 0 Å². The molecule has 3 heteroatoms. The van der Waals surface area contributed by atoms with E-state index in [4.69, 9.17) is 10.8 Å². The van der Waals surface area contributed by atoms with Gasteiger partial charge in [-0.15, -0.1) is 0 Å². The van der Waals surface area contributed by atoms with Gasteiger partial charge < -0.3 is 16.2 Å². The summed E-state index contributed by atoms with van der Waals surface area (Å²) in [7, 11) is 0. The third-order valence-corrected chi connectivity index (χ3v) is 0.789. The van der Waals surface area contributed by atoms with Crippen LogP contribution in [-0.2, 0) is 0 Å². The second-order valence-corrected chi connectivity index (χ2v) is 2.06. The maximum absolute atomic E-state index is 7.57. The SMILES string of the molecule is CCCN.CCNCC.CCO. The molecule has 4 N–H and O–H groups in total. The van der Waals surface area contributed by atoms with E-state index in [2.05, 4.69) is 26.1 Å². The van der Waals surface area contributed by atoms with E-state index in [0.29, 0.717) is 0 Å². The molecule has 0 heterocycles. The smallest absolute Gasteiger partial charge is 0.0402 e. The number of nitrogens with one attached hydrogen (secondary N) is 1. The molecule has 78 valence electrons. The summed E-state index contributed by atoms with van der Waals surface area (Å²) >= 11 is 0. The second-order valence-electron chi connectivity index (χ2n) is 2.06. The minimum Gasteiger partial charge on any atom is -0.397 e. The minimum atomic E-state index is 0.250. The van der Waals surface area contributed by atoms with Gasteiger partial charge in [-0.1, -0.05) is 20.8 Å². The molecule has 0 amide bonds. The fraction of sp³-hybridized carbons (Fsp3) is 1.00. The summed E-state index contributed by atoms with van der Waals surface area (Å²) in [6, 6.07) is 0. The van der Waals surface area contributed by atoms with Crippen molar-refractivity contribution >= 4 is 0 Å². The van der Waals surface area contributed by atoms with Crippen molar-refractivity contribution < 1.29 is 5.11 Å². The van der Waals surface area contributed by atoms with Crippen molar-refractivity contribution in [1.82, 2.24) is 5.32 Å². The molecule has 0 radical (unpaired) electrons. The lowest BCUT2D eigenvalue weighted by Gasteiger charge is -1.86. The monoisotopic (exact) mass is 178 g/mol. The molecular formula is C9H26N2O. The zero-order valence-corrected chi connectivity index (χ0v) is 9.06. The minimum absolute atomic E-state index is 0.250. The first-order chi connectivity index (χ1) is 5.74. The average molecular weight is 178 g/mol. The predicted molar refractivity (Wildman–Crippen MR) is 56.3 cm³/mol. The van der Waals surface area contributed by atoms with Gasteiger partial charge in [0.05, 0.1) is 0 Å². The predicted octanol–water partition coefficient (Wildman–Crippen LogP) is 0.969. The van der Waals surface area contributed by atoms with Crippen LogP contribution in [0.2, 0.25) is 0 Å². The number of rotatable bonds is 3. The molecule has 0 bridgehead atoms. The Balaban J connectivity index is -0.000000105. The van der Waals surface area contributed by atoms with Gasteiger partial charge in [0, 0.05) is 6.61 Å². The molecule has 0 aromatic rings. The zero-order chi connectivity index (χ0) is 10.2. The zero-order valence-electron chi connectivity index (χ0n) is 9.06. The summed E-state index contributed by atoms with van der Waals surface area (Å²) in [5.74, 6) is 0. The molecule has 0 aliphatic carbocycles. The van der Waals surface area contributed by atoms with Gasteiger partial charge >= 0.3 is 0 Å². The first-order valence-corrected chi connectivity index (χ1v) is 4.76. The second kappa shape index (κ2) is 30.7. The lowest BCUT2D eigenvalue weighted by atomic mass is 10.5. The van der Waals surface area contributed by atoms with Gasteiger partial charge in [-0.2, -0.15) is 0 Å². The van der Waals surface area contributed by atoms with Gasteiger partial charge in [-0.05, 0) is 33.0 Å². The van der Waals surface area contributed by atoms with E-state index in [1.807, 2.05) is 0 Å². The van der Waals surface area contributed by atoms with Crippen LogP contribution >= 0.6 is 0 Å². The quantitative estimate of drug-likeness (QED) is 0.603. The van der Waals surface area contributed by atoms with Crippen molar-refractivity contribution in [2.24, 2.45) is 5.73 Å². The normalized spacial score (nSPS) is 7.50. The van der Waals surface area contributed by atoms with Crippen LogP contribution < -0.4 is 11.1 Å². The summed E-state index contributed by atoms with van der Waals surface area (Å²) in [6.45, 7) is 11.2. The summed E-state index contributed by atoms with van der Waals surface area (Å²) in [4.78, 5) is 0. The lowest BCUT2D eigenvalue weighted by molar-refractivity contribution is 0.318. The molecule has 12 heavy (non-hydrogen) atoms. The number of aliphatic hydroxyl groups excluding tert-OH is 1. The molecule has 0 saturated carbocycles. The van der Waals surface area contributed by atoms with E-state index in [1.54, 1.807) is 6.92 Å². The Hall–Kier alpha value is -0.120. The molecule has 0 atom stereocenters. The van der Waals surface area contributed by atoms with E-state index in [9.17, 15) is 0 Å². The molecule has 0 spiro atoms. The maximum Gasteiger partial charge on any atom is 0.0402 e. The Kier molecular flexibility index (Phi) is 45.7. The Labute approximate surface area is 77.4 Å². The summed E-state index contributed by atoms with van der Waals surface area (Å²) in [5.41, 5.74) is 5.03. The van der Waals surface area contributed by atoms with Crippen LogP contribution in [-0.4, -0.2) is 31.3 Å². The van der Waals surface area contributed by atoms with Crippen molar-refractivity contribution in [3.05, 3.63) is 0 Å². The van der Waals surface area contributed by atoms with E-state index in [-0.39, 0.29) is 6.61 Å². The Morgan fingerprint density at radius 2 is 1.33 bits per heavy atom. The summed E-state index contributed by atoms with van der Waals surface area (Å²) in [5, 5.41) is 10.7. The highest BCUT2D eigenvalue weighted by molar-refractivity contribution is 4.27. The molecule has 0 aromatic heterocycles. The number of nitrogens with two attached hydrogens (primary N) is 1. The fourth-order valence-corrected chi connectivity index (χ4v) is 0.250. The molecule has 0 aromatic carbocycles. The van der Waals surface area contributed by atoms with Crippen LogP contribution in [0.1, 0.15) is 34.1 Å². The standard InChI is InChI=1S/C4H11N.C3H9N.C2H6O/c1-3-5-4-2;1-2-3-4;1-2-3/h5H,3-4H2,1-2H3;2-4H2,1H3;3H,2H2,1H3. The van der Waals surface area contributed by atoms with E-state index < -0.39 is 0 Å². The third kappa shape index (κ3) is 93.9. The van der Waals surface area contributed by atoms with Gasteiger partial charge in [-0.25, -0.2) is 0 Å². The molecule has 0 saturated heterocycles. The molecule has 0 aliphatic heterocycles. The Bertz CT molecular complexity index is 39.5. The number of hydrogen-bond acceptors (Lipinski definition) is 3. The molecule has 0 fully saturated rings. The van der Waals surface area contributed by atoms with Gasteiger partial charge in [0.2, 0.25) is 0 Å². The van der Waals surface area contributed by atoms with Gasteiger partial charge in [0.25, 0.3) is 0 Å². The molecule has 0 rings (SSSR count). The van der Waals surface area contributed by atoms with Crippen LogP contribution in [0, 0.1) is 0 Å². The lowest BCUT2D eigenvalue weighted by Crippen LogP contribution is -2.09. The number of aliphatic hydroxyl groups is 1. The third-order valence-electron chi connectivity index (χ3n) is 0.789. The highest BCUT2D eigenvalue weighted by Gasteiger charge is 1.62. The van der Waals surface area contributed by atoms with Crippen molar-refractivity contribution in [2.45, 2.75) is 34.1 Å². The largest absolute Gasteiger partial charge is 0.397 e. The summed E-state index contributed by atoms with van der Waals surface area (Å²) < 4.78 is 0. The Morgan fingerprint density at radius 3 is 1.33 bits per heavy atom. The van der Waals surface area contributed by atoms with Gasteiger partial charge in [0.1, 0.15) is 0 Å².